The smallest absolute Gasteiger partial charge is 0.251 e. The number of carbonyl (C=O) groups is 2. The second-order valence-corrected chi connectivity index (χ2v) is 5.37. The van der Waals surface area contributed by atoms with E-state index in [1.807, 2.05) is 6.07 Å². The van der Waals surface area contributed by atoms with E-state index in [9.17, 15) is 14.7 Å². The largest absolute Gasteiger partial charge is 0.391 e. The number of nitrogens with one attached hydrogen (secondary N) is 1. The molecule has 0 aromatic heterocycles. The average molecular weight is 259 g/mol. The summed E-state index contributed by atoms with van der Waals surface area (Å²) in [5.74, 6) is 0.00666. The van der Waals surface area contributed by atoms with Gasteiger partial charge in [0.15, 0.2) is 5.78 Å². The van der Waals surface area contributed by atoms with Gasteiger partial charge in [0.1, 0.15) is 0 Å². The normalized spacial score (nSPS) is 25.4. The van der Waals surface area contributed by atoms with Crippen LogP contribution in [0.3, 0.4) is 0 Å². The lowest BCUT2D eigenvalue weighted by molar-refractivity contribution is 0.0447. The minimum atomic E-state index is -0.414. The van der Waals surface area contributed by atoms with Gasteiger partial charge in [-0.3, -0.25) is 9.59 Å². The van der Waals surface area contributed by atoms with Gasteiger partial charge in [0, 0.05) is 17.5 Å². The van der Waals surface area contributed by atoms with Crippen LogP contribution in [0, 0.1) is 0 Å². The number of fused-ring (bicyclic) bond motifs is 1. The topological polar surface area (TPSA) is 66.4 Å². The summed E-state index contributed by atoms with van der Waals surface area (Å²) in [7, 11) is 0. The van der Waals surface area contributed by atoms with Gasteiger partial charge in [-0.1, -0.05) is 6.07 Å². The van der Waals surface area contributed by atoms with Crippen molar-refractivity contribution in [1.82, 2.24) is 5.32 Å². The zero-order valence-electron chi connectivity index (χ0n) is 10.7. The van der Waals surface area contributed by atoms with Crippen LogP contribution in [0.5, 0.6) is 0 Å². The third-order valence-electron chi connectivity index (χ3n) is 4.07. The molecule has 4 nitrogen and oxygen atoms in total. The molecule has 4 heteroatoms. The number of aliphatic hydroxyl groups excluding tert-OH is 1. The van der Waals surface area contributed by atoms with Gasteiger partial charge in [-0.2, -0.15) is 0 Å². The highest BCUT2D eigenvalue weighted by Crippen LogP contribution is 2.23. The van der Waals surface area contributed by atoms with Crippen molar-refractivity contribution >= 4 is 11.7 Å². The maximum Gasteiger partial charge on any atom is 0.251 e. The first-order chi connectivity index (χ1) is 9.15. The number of Topliss-reactive ketones (excluding diaryl/α,β-unsaturated/α-hetero) is 1. The molecule has 0 heterocycles. The molecule has 2 N–H and O–H groups in total. The lowest BCUT2D eigenvalue weighted by atomic mass is 9.88. The van der Waals surface area contributed by atoms with Crippen LogP contribution in [0.25, 0.3) is 0 Å². The number of rotatable bonds is 2. The summed E-state index contributed by atoms with van der Waals surface area (Å²) in [6, 6.07) is 5.14. The van der Waals surface area contributed by atoms with E-state index in [1.165, 1.54) is 0 Å². The molecule has 1 aromatic carbocycles. The van der Waals surface area contributed by atoms with Crippen LogP contribution in [0.2, 0.25) is 0 Å². The van der Waals surface area contributed by atoms with Crippen molar-refractivity contribution in [2.45, 2.75) is 44.2 Å². The van der Waals surface area contributed by atoms with E-state index in [2.05, 4.69) is 5.32 Å². The van der Waals surface area contributed by atoms with E-state index >= 15 is 0 Å². The molecule has 2 aliphatic rings. The number of benzene rings is 1. The molecule has 0 saturated heterocycles. The van der Waals surface area contributed by atoms with Crippen molar-refractivity contribution in [3.05, 3.63) is 34.9 Å². The predicted molar refractivity (Wildman–Crippen MR) is 70.2 cm³/mol. The van der Waals surface area contributed by atoms with Crippen LogP contribution in [0.4, 0.5) is 0 Å². The van der Waals surface area contributed by atoms with Crippen LogP contribution in [0.1, 0.15) is 52.0 Å². The molecule has 1 amide bonds. The highest BCUT2D eigenvalue weighted by Gasteiger charge is 2.30. The van der Waals surface area contributed by atoms with Gasteiger partial charge in [-0.15, -0.1) is 0 Å². The zero-order valence-corrected chi connectivity index (χ0v) is 10.7. The van der Waals surface area contributed by atoms with Crippen molar-refractivity contribution in [1.29, 1.82) is 0 Å². The number of amides is 1. The van der Waals surface area contributed by atoms with Gasteiger partial charge >= 0.3 is 0 Å². The first-order valence-electron chi connectivity index (χ1n) is 6.80. The Morgan fingerprint density at radius 3 is 2.79 bits per heavy atom. The number of carbonyl (C=O) groups excluding carboxylic acids is 2. The van der Waals surface area contributed by atoms with Crippen LogP contribution in [-0.2, 0) is 6.42 Å². The Balaban J connectivity index is 1.78. The van der Waals surface area contributed by atoms with Crippen molar-refractivity contribution in [3.8, 4) is 0 Å². The van der Waals surface area contributed by atoms with Crippen molar-refractivity contribution in [2.75, 3.05) is 0 Å². The lowest BCUT2D eigenvalue weighted by Crippen LogP contribution is -2.50. The van der Waals surface area contributed by atoms with Crippen molar-refractivity contribution in [2.24, 2.45) is 0 Å². The average Bonchev–Trinajstić information content (AvgIpc) is 2.42. The van der Waals surface area contributed by atoms with Crippen LogP contribution >= 0.6 is 0 Å². The fourth-order valence-electron chi connectivity index (χ4n) is 2.69. The second kappa shape index (κ2) is 4.78. The highest BCUT2D eigenvalue weighted by molar-refractivity contribution is 6.01. The number of aryl methyl sites for hydroxylation is 1. The van der Waals surface area contributed by atoms with E-state index in [1.54, 1.807) is 12.1 Å². The van der Waals surface area contributed by atoms with E-state index in [0.717, 1.165) is 36.8 Å². The molecular formula is C15H17NO3. The van der Waals surface area contributed by atoms with Gasteiger partial charge in [0.05, 0.1) is 12.1 Å². The summed E-state index contributed by atoms with van der Waals surface area (Å²) >= 11 is 0. The Morgan fingerprint density at radius 1 is 1.26 bits per heavy atom. The second-order valence-electron chi connectivity index (χ2n) is 5.37. The monoisotopic (exact) mass is 259 g/mol. The fraction of sp³-hybridized carbons (Fsp3) is 0.467. The van der Waals surface area contributed by atoms with E-state index < -0.39 is 6.10 Å². The highest BCUT2D eigenvalue weighted by atomic mass is 16.3. The number of aliphatic hydroxyl groups is 1. The molecule has 0 radical (unpaired) electrons. The zero-order chi connectivity index (χ0) is 13.4. The van der Waals surface area contributed by atoms with Crippen LogP contribution in [0.15, 0.2) is 18.2 Å². The molecule has 1 saturated carbocycles. The number of hydrogen-bond donors (Lipinski definition) is 2. The first-order valence-corrected chi connectivity index (χ1v) is 6.80. The van der Waals surface area contributed by atoms with Gasteiger partial charge in [-0.05, 0) is 43.4 Å². The summed E-state index contributed by atoms with van der Waals surface area (Å²) in [6.45, 7) is 0. The van der Waals surface area contributed by atoms with Gasteiger partial charge in [-0.25, -0.2) is 0 Å². The quantitative estimate of drug-likeness (QED) is 0.845. The van der Waals surface area contributed by atoms with Crippen molar-refractivity contribution < 1.29 is 14.7 Å². The maximum absolute atomic E-state index is 12.1. The third kappa shape index (κ3) is 2.28. The summed E-state index contributed by atoms with van der Waals surface area (Å²) in [5.41, 5.74) is 2.30. The summed E-state index contributed by atoms with van der Waals surface area (Å²) in [4.78, 5) is 23.8. The molecule has 0 unspecified atom stereocenters. The molecule has 1 aromatic rings. The van der Waals surface area contributed by atoms with Gasteiger partial charge in [0.25, 0.3) is 5.91 Å². The molecule has 2 atom stereocenters. The van der Waals surface area contributed by atoms with Crippen LogP contribution in [-0.4, -0.2) is 28.9 Å². The van der Waals surface area contributed by atoms with E-state index in [0.29, 0.717) is 12.0 Å². The Morgan fingerprint density at radius 2 is 2.11 bits per heavy atom. The number of hydrogen-bond acceptors (Lipinski definition) is 3. The Hall–Kier alpha value is -1.68. The molecular weight excluding hydrogens is 242 g/mol. The third-order valence-corrected chi connectivity index (χ3v) is 4.07. The van der Waals surface area contributed by atoms with Crippen molar-refractivity contribution in [3.63, 3.8) is 0 Å². The summed E-state index contributed by atoms with van der Waals surface area (Å²) < 4.78 is 0. The lowest BCUT2D eigenvalue weighted by Gasteiger charge is -2.33. The summed E-state index contributed by atoms with van der Waals surface area (Å²) in [5, 5.41) is 12.3. The molecule has 3 rings (SSSR count). The SMILES string of the molecule is O=C(N[C@@H]1CC[C@H]1O)c1ccc2c(c1)CCCC2=O. The van der Waals surface area contributed by atoms with E-state index in [4.69, 9.17) is 0 Å². The Labute approximate surface area is 111 Å². The molecule has 0 spiro atoms. The Kier molecular flexibility index (Phi) is 3.11. The maximum atomic E-state index is 12.1. The first kappa shape index (κ1) is 12.4. The van der Waals surface area contributed by atoms with Gasteiger partial charge < -0.3 is 10.4 Å². The minimum Gasteiger partial charge on any atom is -0.391 e. The molecule has 1 fully saturated rings. The molecule has 2 aliphatic carbocycles. The van der Waals surface area contributed by atoms with Gasteiger partial charge in [0.2, 0.25) is 0 Å². The molecule has 19 heavy (non-hydrogen) atoms. The van der Waals surface area contributed by atoms with Crippen LogP contribution < -0.4 is 5.32 Å². The number of ketones is 1. The predicted octanol–water partition coefficient (Wildman–Crippen LogP) is 1.46. The fourth-order valence-corrected chi connectivity index (χ4v) is 2.69. The standard InChI is InChI=1S/C15H17NO3/c17-13-3-1-2-9-8-10(4-5-11(9)13)15(19)16-12-6-7-14(12)18/h4-5,8,12,14,18H,1-3,6-7H2,(H,16,19)/t12-,14-/m1/s1. The van der Waals surface area contributed by atoms with E-state index in [-0.39, 0.29) is 17.7 Å². The molecule has 0 aliphatic heterocycles. The minimum absolute atomic E-state index is 0.120. The Bertz CT molecular complexity index is 538. The molecule has 0 bridgehead atoms. The summed E-state index contributed by atoms with van der Waals surface area (Å²) in [6.07, 6.45) is 3.49. The molecule has 100 valence electrons.